The summed E-state index contributed by atoms with van der Waals surface area (Å²) in [6.45, 7) is 3.94. The van der Waals surface area contributed by atoms with E-state index in [-0.39, 0.29) is 51.9 Å². The first kappa shape index (κ1) is 31.9. The van der Waals surface area contributed by atoms with Crippen LogP contribution < -0.4 is 20.7 Å². The van der Waals surface area contributed by atoms with Gasteiger partial charge in [-0.05, 0) is 45.0 Å². The van der Waals surface area contributed by atoms with Gasteiger partial charge < -0.3 is 29.4 Å². The molecule has 15 heteroatoms. The van der Waals surface area contributed by atoms with Crippen LogP contribution in [-0.2, 0) is 11.1 Å². The van der Waals surface area contributed by atoms with Gasteiger partial charge in [-0.2, -0.15) is 4.98 Å². The summed E-state index contributed by atoms with van der Waals surface area (Å²) in [6.07, 6.45) is -6.56. The van der Waals surface area contributed by atoms with Crippen molar-refractivity contribution in [1.29, 1.82) is 0 Å². The highest BCUT2D eigenvalue weighted by Crippen LogP contribution is 2.46. The number of amides is 1. The number of fused-ring (bicyclic) bond motifs is 1. The maximum absolute atomic E-state index is 15.1. The molecule has 44 heavy (non-hydrogen) atoms. The van der Waals surface area contributed by atoms with E-state index in [1.807, 2.05) is 11.9 Å². The van der Waals surface area contributed by atoms with Crippen LogP contribution in [0.5, 0.6) is 5.75 Å². The molecule has 5 rings (SSSR count). The number of halogens is 4. The van der Waals surface area contributed by atoms with Gasteiger partial charge in [-0.15, -0.1) is 11.3 Å². The Morgan fingerprint density at radius 1 is 1.25 bits per heavy atom. The minimum atomic E-state index is -3.31. The Hall–Kier alpha value is -3.48. The molecule has 3 atom stereocenters. The van der Waals surface area contributed by atoms with Crippen molar-refractivity contribution in [3.8, 4) is 16.5 Å². The molecule has 4 aromatic rings. The molecular formula is C29H32F4N5O4PS. The number of nitrogens with one attached hydrogen (secondary N) is 2. The van der Waals surface area contributed by atoms with Crippen molar-refractivity contribution >= 4 is 45.5 Å². The molecule has 3 unspecified atom stereocenters. The Kier molecular flexibility index (Phi) is 9.33. The van der Waals surface area contributed by atoms with Crippen molar-refractivity contribution in [2.75, 3.05) is 45.9 Å². The molecule has 1 aliphatic rings. The lowest BCUT2D eigenvalue weighted by molar-refractivity contribution is 0.0507. The first-order valence-electron chi connectivity index (χ1n) is 13.8. The van der Waals surface area contributed by atoms with Crippen molar-refractivity contribution in [2.45, 2.75) is 37.8 Å². The number of methoxy groups -OCH3 is 1. The summed E-state index contributed by atoms with van der Waals surface area (Å²) >= 11 is 1.00. The number of piperidine rings is 1. The number of carbonyl (C=O) groups is 1. The molecule has 0 spiro atoms. The quantitative estimate of drug-likeness (QED) is 0.162. The Morgan fingerprint density at radius 3 is 2.70 bits per heavy atom. The summed E-state index contributed by atoms with van der Waals surface area (Å²) in [5, 5.41) is 10.5. The zero-order chi connectivity index (χ0) is 31.8. The molecule has 0 radical (unpaired) electrons. The monoisotopic (exact) mass is 653 g/mol. The molecule has 1 fully saturated rings. The highest BCUT2D eigenvalue weighted by molar-refractivity contribution is 7.70. The fourth-order valence-corrected chi connectivity index (χ4v) is 7.21. The fourth-order valence-electron chi connectivity index (χ4n) is 5.11. The Labute approximate surface area is 255 Å². The minimum absolute atomic E-state index is 0.0450. The molecule has 2 aromatic heterocycles. The van der Waals surface area contributed by atoms with Crippen LogP contribution in [0, 0.1) is 0 Å². The van der Waals surface area contributed by atoms with Gasteiger partial charge in [-0.25, -0.2) is 17.6 Å². The third-order valence-corrected chi connectivity index (χ3v) is 10.2. The van der Waals surface area contributed by atoms with Gasteiger partial charge in [0.05, 0.1) is 40.5 Å². The summed E-state index contributed by atoms with van der Waals surface area (Å²) in [6, 6.07) is 8.97. The third kappa shape index (κ3) is 6.62. The number of anilines is 1. The van der Waals surface area contributed by atoms with Crippen LogP contribution in [0.3, 0.4) is 0 Å². The van der Waals surface area contributed by atoms with Crippen molar-refractivity contribution < 1.29 is 36.2 Å². The van der Waals surface area contributed by atoms with Crippen molar-refractivity contribution in [3.63, 3.8) is 0 Å². The van der Waals surface area contributed by atoms with E-state index in [1.54, 1.807) is 37.6 Å². The van der Waals surface area contributed by atoms with Crippen molar-refractivity contribution in [3.05, 3.63) is 53.4 Å². The van der Waals surface area contributed by atoms with E-state index < -0.39 is 37.9 Å². The number of thiophene rings is 1. The Balaban J connectivity index is 1.41. The number of aromatic nitrogens is 2. The highest BCUT2D eigenvalue weighted by Gasteiger charge is 2.33. The summed E-state index contributed by atoms with van der Waals surface area (Å²) in [7, 11) is 0.642. The molecule has 0 bridgehead atoms. The third-order valence-electron chi connectivity index (χ3n) is 7.46. The number of alkyl halides is 4. The van der Waals surface area contributed by atoms with E-state index in [2.05, 4.69) is 20.8 Å². The molecule has 1 aliphatic heterocycles. The zero-order valence-corrected chi connectivity index (χ0v) is 26.2. The van der Waals surface area contributed by atoms with Crippen LogP contribution in [0.2, 0.25) is 0 Å². The number of carbonyl (C=O) groups excluding carboxylic acids is 1. The predicted octanol–water partition coefficient (Wildman–Crippen LogP) is 5.87. The van der Waals surface area contributed by atoms with E-state index in [0.717, 1.165) is 11.3 Å². The predicted molar refractivity (Wildman–Crippen MR) is 163 cm³/mol. The fraction of sp³-hybridized carbons (Fsp3) is 0.414. The normalized spacial score (nSPS) is 18.5. The zero-order valence-electron chi connectivity index (χ0n) is 24.4. The summed E-state index contributed by atoms with van der Waals surface area (Å²) in [5.41, 5.74) is 0.403. The molecule has 0 aliphatic carbocycles. The summed E-state index contributed by atoms with van der Waals surface area (Å²) < 4.78 is 80.8. The lowest BCUT2D eigenvalue weighted by atomic mass is 10.0. The lowest BCUT2D eigenvalue weighted by Gasteiger charge is -2.33. The second kappa shape index (κ2) is 12.9. The van der Waals surface area contributed by atoms with Crippen LogP contribution in [0.25, 0.3) is 20.8 Å². The van der Waals surface area contributed by atoms with Gasteiger partial charge >= 0.3 is 0 Å². The maximum atomic E-state index is 15.1. The number of likely N-dealkylation sites (tertiary alicyclic amines) is 1. The Morgan fingerprint density at radius 2 is 2.02 bits per heavy atom. The average Bonchev–Trinajstić information content (AvgIpc) is 3.61. The van der Waals surface area contributed by atoms with Crippen molar-refractivity contribution in [1.82, 2.24) is 20.4 Å². The summed E-state index contributed by atoms with van der Waals surface area (Å²) in [4.78, 5) is 19.1. The van der Waals surface area contributed by atoms with Gasteiger partial charge in [-0.1, -0.05) is 23.4 Å². The molecule has 9 nitrogen and oxygen atoms in total. The molecule has 3 heterocycles. The van der Waals surface area contributed by atoms with Crippen LogP contribution in [0.15, 0.2) is 40.9 Å². The molecule has 2 N–H and O–H groups in total. The number of rotatable bonds is 10. The van der Waals surface area contributed by atoms with Crippen LogP contribution in [0.4, 0.5) is 23.2 Å². The van der Waals surface area contributed by atoms with Gasteiger partial charge in [-0.3, -0.25) is 4.79 Å². The van der Waals surface area contributed by atoms with Gasteiger partial charge in [0.15, 0.2) is 6.17 Å². The van der Waals surface area contributed by atoms with E-state index in [1.165, 1.54) is 19.2 Å². The molecule has 2 aromatic carbocycles. The van der Waals surface area contributed by atoms with Crippen LogP contribution in [0.1, 0.15) is 34.4 Å². The van der Waals surface area contributed by atoms with Crippen LogP contribution >= 0.6 is 18.5 Å². The molecule has 1 saturated heterocycles. The van der Waals surface area contributed by atoms with E-state index in [0.29, 0.717) is 28.7 Å². The number of benzene rings is 2. The maximum Gasteiger partial charge on any atom is 0.273 e. The smallest absolute Gasteiger partial charge is 0.273 e. The SMILES string of the molecule is COc1cc(P(C)(C)=O)ccc1C(=O)NCc1nc(-c2sc3c(NC4CCN(C)CC4F)cccc3c2C(F)C(F)F)no1. The first-order valence-corrected chi connectivity index (χ1v) is 17.2. The highest BCUT2D eigenvalue weighted by atomic mass is 32.1. The minimum Gasteiger partial charge on any atom is -0.496 e. The van der Waals surface area contributed by atoms with Gasteiger partial charge in [0, 0.05) is 29.3 Å². The summed E-state index contributed by atoms with van der Waals surface area (Å²) in [5.74, 6) is -0.466. The molecule has 0 saturated carbocycles. The largest absolute Gasteiger partial charge is 0.496 e. The number of ether oxygens (including phenoxy) is 1. The molecule has 236 valence electrons. The van der Waals surface area contributed by atoms with E-state index >= 15 is 4.39 Å². The number of hydrogen-bond donors (Lipinski definition) is 2. The Bertz CT molecular complexity index is 1710. The van der Waals surface area contributed by atoms with E-state index in [4.69, 9.17) is 9.26 Å². The van der Waals surface area contributed by atoms with E-state index in [9.17, 15) is 22.5 Å². The van der Waals surface area contributed by atoms with Crippen molar-refractivity contribution in [2.24, 2.45) is 0 Å². The molecular weight excluding hydrogens is 621 g/mol. The molecule has 1 amide bonds. The topological polar surface area (TPSA) is 110 Å². The van der Waals surface area contributed by atoms with Crippen LogP contribution in [-0.4, -0.2) is 80.2 Å². The van der Waals surface area contributed by atoms with Gasteiger partial charge in [0.1, 0.15) is 19.1 Å². The number of hydrogen-bond acceptors (Lipinski definition) is 9. The van der Waals surface area contributed by atoms with Gasteiger partial charge in [0.25, 0.3) is 12.3 Å². The first-order chi connectivity index (χ1) is 20.9. The average molecular weight is 654 g/mol. The second-order valence-electron chi connectivity index (χ2n) is 11.0. The van der Waals surface area contributed by atoms with Gasteiger partial charge in [0.2, 0.25) is 11.7 Å². The second-order valence-corrected chi connectivity index (χ2v) is 15.2. The lowest BCUT2D eigenvalue weighted by Crippen LogP contribution is -2.46. The standard InChI is InChI=1S/C29H32F4N5O4PS/c1-38-11-10-19(18(30)14-38)35-20-7-5-6-17-23(24(31)27(32)33)26(44-25(17)20)28-36-22(42-37-28)13-34-29(39)16-9-8-15(43(3,4)40)12-21(16)41-2/h5-9,12,18-19,24,27,35H,10-11,13-14H2,1-4H3,(H,34,39). The number of nitrogens with zero attached hydrogens (tertiary/aromatic N) is 3.